The zero-order chi connectivity index (χ0) is 9.80. The maximum Gasteiger partial charge on any atom is 0.0574 e. The number of nitrogens with two attached hydrogens (primary N) is 1. The van der Waals surface area contributed by atoms with Crippen molar-refractivity contribution in [1.29, 1.82) is 0 Å². The van der Waals surface area contributed by atoms with Crippen LogP contribution in [0.1, 0.15) is 24.8 Å². The highest BCUT2D eigenvalue weighted by molar-refractivity contribution is 5.14. The van der Waals surface area contributed by atoms with Crippen molar-refractivity contribution in [2.24, 2.45) is 5.73 Å². The third-order valence-corrected chi connectivity index (χ3v) is 2.89. The van der Waals surface area contributed by atoms with Gasteiger partial charge >= 0.3 is 0 Å². The lowest BCUT2D eigenvalue weighted by Crippen LogP contribution is -2.44. The highest BCUT2D eigenvalue weighted by Crippen LogP contribution is 2.15. The number of rotatable bonds is 2. The maximum absolute atomic E-state index is 6.05. The Hall–Kier alpha value is -0.860. The summed E-state index contributed by atoms with van der Waals surface area (Å²) in [7, 11) is 0. The highest BCUT2D eigenvalue weighted by Gasteiger charge is 2.17. The van der Waals surface area contributed by atoms with Crippen LogP contribution in [0.4, 0.5) is 0 Å². The van der Waals surface area contributed by atoms with E-state index in [4.69, 9.17) is 5.73 Å². The van der Waals surface area contributed by atoms with E-state index < -0.39 is 0 Å². The van der Waals surface area contributed by atoms with Gasteiger partial charge in [0, 0.05) is 6.54 Å². The Balaban J connectivity index is 1.96. The number of hydrogen-bond donors (Lipinski definition) is 1. The first kappa shape index (κ1) is 9.69. The van der Waals surface area contributed by atoms with Crippen LogP contribution < -0.4 is 5.73 Å². The van der Waals surface area contributed by atoms with Crippen molar-refractivity contribution in [2.75, 3.05) is 6.54 Å². The molecule has 14 heavy (non-hydrogen) atoms. The van der Waals surface area contributed by atoms with Crippen LogP contribution >= 0.6 is 0 Å². The van der Waals surface area contributed by atoms with Gasteiger partial charge in [0.25, 0.3) is 0 Å². The van der Waals surface area contributed by atoms with Gasteiger partial charge in [0.1, 0.15) is 0 Å². The van der Waals surface area contributed by atoms with Gasteiger partial charge in [-0.1, -0.05) is 30.3 Å². The van der Waals surface area contributed by atoms with Crippen molar-refractivity contribution >= 4 is 0 Å². The number of benzene rings is 1. The Bertz CT molecular complexity index is 271. The molecule has 1 saturated heterocycles. The predicted octanol–water partition coefficient (Wildman–Crippen LogP) is 1.96. The summed E-state index contributed by atoms with van der Waals surface area (Å²) in [4.78, 5) is 2.37. The van der Waals surface area contributed by atoms with E-state index in [0.717, 1.165) is 19.5 Å². The molecular formula is C12H18N2. The normalized spacial score (nSPS) is 23.6. The van der Waals surface area contributed by atoms with Crippen LogP contribution in [0, 0.1) is 0 Å². The summed E-state index contributed by atoms with van der Waals surface area (Å²) in [5.41, 5.74) is 7.42. The topological polar surface area (TPSA) is 29.3 Å². The first-order chi connectivity index (χ1) is 6.86. The van der Waals surface area contributed by atoms with Crippen molar-refractivity contribution in [3.8, 4) is 0 Å². The van der Waals surface area contributed by atoms with Gasteiger partial charge in [0.2, 0.25) is 0 Å². The minimum Gasteiger partial charge on any atom is -0.316 e. The fourth-order valence-corrected chi connectivity index (χ4v) is 2.03. The molecule has 1 aliphatic rings. The lowest BCUT2D eigenvalue weighted by molar-refractivity contribution is 0.144. The van der Waals surface area contributed by atoms with Crippen LogP contribution in [0.15, 0.2) is 30.3 Å². The molecule has 0 aliphatic carbocycles. The second-order valence-corrected chi connectivity index (χ2v) is 4.02. The van der Waals surface area contributed by atoms with Crippen molar-refractivity contribution in [2.45, 2.75) is 32.0 Å². The van der Waals surface area contributed by atoms with Gasteiger partial charge in [-0.05, 0) is 31.4 Å². The largest absolute Gasteiger partial charge is 0.316 e. The molecule has 2 N–H and O–H groups in total. The molecule has 1 aromatic rings. The third kappa shape index (κ3) is 2.34. The van der Waals surface area contributed by atoms with Crippen LogP contribution in [0.3, 0.4) is 0 Å². The van der Waals surface area contributed by atoms with Gasteiger partial charge in [0.05, 0.1) is 6.17 Å². The summed E-state index contributed by atoms with van der Waals surface area (Å²) >= 11 is 0. The van der Waals surface area contributed by atoms with Gasteiger partial charge in [-0.15, -0.1) is 0 Å². The van der Waals surface area contributed by atoms with Gasteiger partial charge in [-0.3, -0.25) is 4.90 Å². The van der Waals surface area contributed by atoms with E-state index in [0.29, 0.717) is 0 Å². The molecule has 1 fully saturated rings. The highest BCUT2D eigenvalue weighted by atomic mass is 15.2. The summed E-state index contributed by atoms with van der Waals surface area (Å²) in [6.45, 7) is 2.15. The minimum absolute atomic E-state index is 0.268. The van der Waals surface area contributed by atoms with Crippen molar-refractivity contribution in [3.05, 3.63) is 35.9 Å². The third-order valence-electron chi connectivity index (χ3n) is 2.89. The lowest BCUT2D eigenvalue weighted by Gasteiger charge is -2.32. The fraction of sp³-hybridized carbons (Fsp3) is 0.500. The molecule has 0 bridgehead atoms. The Morgan fingerprint density at radius 1 is 1.21 bits per heavy atom. The van der Waals surface area contributed by atoms with Crippen LogP contribution in [-0.4, -0.2) is 17.6 Å². The van der Waals surface area contributed by atoms with Gasteiger partial charge < -0.3 is 5.73 Å². The fourth-order valence-electron chi connectivity index (χ4n) is 2.03. The molecule has 2 nitrogen and oxygen atoms in total. The number of hydrogen-bond acceptors (Lipinski definition) is 2. The summed E-state index contributed by atoms with van der Waals surface area (Å²) in [6, 6.07) is 10.6. The molecule has 0 amide bonds. The van der Waals surface area contributed by atoms with Gasteiger partial charge in [-0.2, -0.15) is 0 Å². The molecule has 1 atom stereocenters. The molecule has 2 heteroatoms. The van der Waals surface area contributed by atoms with E-state index in [1.807, 2.05) is 0 Å². The Morgan fingerprint density at radius 2 is 2.00 bits per heavy atom. The summed E-state index contributed by atoms with van der Waals surface area (Å²) in [5.74, 6) is 0. The zero-order valence-corrected chi connectivity index (χ0v) is 8.52. The summed E-state index contributed by atoms with van der Waals surface area (Å²) in [5, 5.41) is 0. The molecule has 1 heterocycles. The van der Waals surface area contributed by atoms with E-state index in [-0.39, 0.29) is 6.17 Å². The first-order valence-corrected chi connectivity index (χ1v) is 5.40. The molecular weight excluding hydrogens is 172 g/mol. The number of likely N-dealkylation sites (tertiary alicyclic amines) is 1. The van der Waals surface area contributed by atoms with E-state index in [2.05, 4.69) is 35.2 Å². The first-order valence-electron chi connectivity index (χ1n) is 5.40. The van der Waals surface area contributed by atoms with E-state index >= 15 is 0 Å². The van der Waals surface area contributed by atoms with E-state index in [9.17, 15) is 0 Å². The van der Waals surface area contributed by atoms with Crippen LogP contribution in [-0.2, 0) is 6.54 Å². The molecule has 76 valence electrons. The zero-order valence-electron chi connectivity index (χ0n) is 8.52. The van der Waals surface area contributed by atoms with Gasteiger partial charge in [-0.25, -0.2) is 0 Å². The van der Waals surface area contributed by atoms with Crippen molar-refractivity contribution in [3.63, 3.8) is 0 Å². The standard InChI is InChI=1S/C12H18N2/c13-12-8-4-5-9-14(12)10-11-6-2-1-3-7-11/h1-3,6-7,12H,4-5,8-10,13H2/t12-/m1/s1. The molecule has 0 saturated carbocycles. The van der Waals surface area contributed by atoms with E-state index in [1.165, 1.54) is 18.4 Å². The second-order valence-electron chi connectivity index (χ2n) is 4.02. The molecule has 1 aliphatic heterocycles. The monoisotopic (exact) mass is 190 g/mol. The average molecular weight is 190 g/mol. The van der Waals surface area contributed by atoms with Crippen LogP contribution in [0.5, 0.6) is 0 Å². The molecule has 0 aromatic heterocycles. The minimum atomic E-state index is 0.268. The average Bonchev–Trinajstić information content (AvgIpc) is 2.23. The summed E-state index contributed by atoms with van der Waals surface area (Å²) < 4.78 is 0. The smallest absolute Gasteiger partial charge is 0.0574 e. The molecule has 2 rings (SSSR count). The number of nitrogens with zero attached hydrogens (tertiary/aromatic N) is 1. The SMILES string of the molecule is N[C@H]1CCCCN1Cc1ccccc1. The predicted molar refractivity (Wildman–Crippen MR) is 58.7 cm³/mol. The lowest BCUT2D eigenvalue weighted by atomic mass is 10.1. The van der Waals surface area contributed by atoms with Crippen molar-refractivity contribution in [1.82, 2.24) is 4.90 Å². The Kier molecular flexibility index (Phi) is 3.17. The summed E-state index contributed by atoms with van der Waals surface area (Å²) in [6.07, 6.45) is 3.99. The number of piperidine rings is 1. The van der Waals surface area contributed by atoms with Crippen molar-refractivity contribution < 1.29 is 0 Å². The Morgan fingerprint density at radius 3 is 2.71 bits per heavy atom. The van der Waals surface area contributed by atoms with Crippen LogP contribution in [0.25, 0.3) is 0 Å². The van der Waals surface area contributed by atoms with Crippen LogP contribution in [0.2, 0.25) is 0 Å². The molecule has 1 aromatic carbocycles. The second kappa shape index (κ2) is 4.58. The van der Waals surface area contributed by atoms with E-state index in [1.54, 1.807) is 0 Å². The Labute approximate surface area is 85.7 Å². The molecule has 0 spiro atoms. The molecule has 0 unspecified atom stereocenters. The molecule has 0 radical (unpaired) electrons. The maximum atomic E-state index is 6.05. The van der Waals surface area contributed by atoms with Gasteiger partial charge in [0.15, 0.2) is 0 Å². The quantitative estimate of drug-likeness (QED) is 0.772.